The molecule has 0 saturated carbocycles. The summed E-state index contributed by atoms with van der Waals surface area (Å²) < 4.78 is 27.1. The lowest BCUT2D eigenvalue weighted by Crippen LogP contribution is -2.46. The number of likely N-dealkylation sites (N-methyl/N-ethyl adjacent to an activating group) is 1. The normalized spacial score (nSPS) is 23.4. The molecule has 0 aromatic heterocycles. The van der Waals surface area contributed by atoms with E-state index < -0.39 is 10.0 Å². The average Bonchev–Trinajstić information content (AvgIpc) is 3.01. The number of anilines is 1. The maximum Gasteiger partial charge on any atom is 0.243 e. The van der Waals surface area contributed by atoms with Crippen LogP contribution in [0.1, 0.15) is 25.7 Å². The molecule has 0 spiro atoms. The zero-order valence-corrected chi connectivity index (χ0v) is 14.2. The summed E-state index contributed by atoms with van der Waals surface area (Å²) in [4.78, 5) is 13.8. The van der Waals surface area contributed by atoms with Crippen molar-refractivity contribution in [3.8, 4) is 0 Å². The molecule has 1 N–H and O–H groups in total. The molecule has 2 saturated heterocycles. The van der Waals surface area contributed by atoms with Crippen LogP contribution in [-0.4, -0.2) is 51.4 Å². The van der Waals surface area contributed by atoms with Crippen molar-refractivity contribution in [1.82, 2.24) is 9.62 Å². The van der Waals surface area contributed by atoms with E-state index in [1.54, 1.807) is 33.5 Å². The number of carbonyl (C=O) groups is 1. The van der Waals surface area contributed by atoms with E-state index in [1.807, 2.05) is 7.05 Å². The van der Waals surface area contributed by atoms with Crippen molar-refractivity contribution in [1.29, 1.82) is 0 Å². The summed E-state index contributed by atoms with van der Waals surface area (Å²) in [5.74, 6) is 0.105. The molecule has 1 unspecified atom stereocenters. The van der Waals surface area contributed by atoms with Crippen molar-refractivity contribution in [3.63, 3.8) is 0 Å². The third-order valence-electron chi connectivity index (χ3n) is 4.65. The van der Waals surface area contributed by atoms with Crippen LogP contribution in [0.25, 0.3) is 0 Å². The van der Waals surface area contributed by atoms with Crippen molar-refractivity contribution in [3.05, 3.63) is 24.3 Å². The Morgan fingerprint density at radius 3 is 2.48 bits per heavy atom. The summed E-state index contributed by atoms with van der Waals surface area (Å²) in [6.45, 7) is 1.78. The SMILES string of the molecule is CNC1CCCN(S(=O)(=O)c2ccc(N3CCCC3=O)cc2)C1. The summed E-state index contributed by atoms with van der Waals surface area (Å²) in [5, 5.41) is 3.16. The third kappa shape index (κ3) is 3.27. The molecule has 2 aliphatic rings. The Morgan fingerprint density at radius 2 is 1.87 bits per heavy atom. The van der Waals surface area contributed by atoms with E-state index in [0.717, 1.165) is 24.9 Å². The molecule has 7 heteroatoms. The number of rotatable bonds is 4. The van der Waals surface area contributed by atoms with Gasteiger partial charge in [-0.15, -0.1) is 0 Å². The van der Waals surface area contributed by atoms with Gasteiger partial charge >= 0.3 is 0 Å². The van der Waals surface area contributed by atoms with Crippen LogP contribution in [0.3, 0.4) is 0 Å². The lowest BCUT2D eigenvalue weighted by molar-refractivity contribution is -0.117. The second-order valence-electron chi connectivity index (χ2n) is 6.13. The molecule has 1 amide bonds. The van der Waals surface area contributed by atoms with Crippen molar-refractivity contribution < 1.29 is 13.2 Å². The van der Waals surface area contributed by atoms with Crippen molar-refractivity contribution >= 4 is 21.6 Å². The molecule has 3 rings (SSSR count). The maximum atomic E-state index is 12.8. The number of hydrogen-bond donors (Lipinski definition) is 1. The number of nitrogens with one attached hydrogen (secondary N) is 1. The van der Waals surface area contributed by atoms with Crippen LogP contribution in [0.2, 0.25) is 0 Å². The highest BCUT2D eigenvalue weighted by Crippen LogP contribution is 2.25. The van der Waals surface area contributed by atoms with E-state index in [0.29, 0.717) is 31.0 Å². The van der Waals surface area contributed by atoms with Crippen molar-refractivity contribution in [2.45, 2.75) is 36.6 Å². The first-order valence-corrected chi connectivity index (χ1v) is 9.54. The van der Waals surface area contributed by atoms with Gasteiger partial charge in [0.25, 0.3) is 0 Å². The highest BCUT2D eigenvalue weighted by molar-refractivity contribution is 7.89. The second kappa shape index (κ2) is 6.59. The molecule has 0 aliphatic carbocycles. The minimum absolute atomic E-state index is 0.105. The highest BCUT2D eigenvalue weighted by Gasteiger charge is 2.30. The number of hydrogen-bond acceptors (Lipinski definition) is 4. The fraction of sp³-hybridized carbons (Fsp3) is 0.562. The van der Waals surface area contributed by atoms with Gasteiger partial charge in [0, 0.05) is 37.8 Å². The van der Waals surface area contributed by atoms with Crippen LogP contribution in [0.5, 0.6) is 0 Å². The maximum absolute atomic E-state index is 12.8. The zero-order valence-electron chi connectivity index (χ0n) is 13.4. The molecular formula is C16H23N3O3S. The van der Waals surface area contributed by atoms with Crippen LogP contribution < -0.4 is 10.2 Å². The molecule has 2 fully saturated rings. The molecule has 1 aromatic carbocycles. The largest absolute Gasteiger partial charge is 0.316 e. The number of sulfonamides is 1. The number of benzene rings is 1. The van der Waals surface area contributed by atoms with Crippen molar-refractivity contribution in [2.24, 2.45) is 0 Å². The van der Waals surface area contributed by atoms with Gasteiger partial charge in [0.15, 0.2) is 0 Å². The van der Waals surface area contributed by atoms with Crippen LogP contribution in [0.15, 0.2) is 29.2 Å². The van der Waals surface area contributed by atoms with Gasteiger partial charge in [-0.3, -0.25) is 4.79 Å². The topological polar surface area (TPSA) is 69.7 Å². The molecule has 2 aliphatic heterocycles. The highest BCUT2D eigenvalue weighted by atomic mass is 32.2. The van der Waals surface area contributed by atoms with Gasteiger partial charge in [-0.2, -0.15) is 4.31 Å². The Bertz CT molecular complexity index is 672. The van der Waals surface area contributed by atoms with Gasteiger partial charge in [-0.25, -0.2) is 8.42 Å². The summed E-state index contributed by atoms with van der Waals surface area (Å²) in [6.07, 6.45) is 3.29. The van der Waals surface area contributed by atoms with Crippen LogP contribution in [-0.2, 0) is 14.8 Å². The van der Waals surface area contributed by atoms with E-state index >= 15 is 0 Å². The number of nitrogens with zero attached hydrogens (tertiary/aromatic N) is 2. The van der Waals surface area contributed by atoms with Gasteiger partial charge in [-0.05, 0) is 50.6 Å². The first kappa shape index (κ1) is 16.4. The monoisotopic (exact) mass is 337 g/mol. The molecule has 2 heterocycles. The molecule has 126 valence electrons. The van der Waals surface area contributed by atoms with E-state index in [2.05, 4.69) is 5.32 Å². The Balaban J connectivity index is 1.79. The van der Waals surface area contributed by atoms with E-state index in [1.165, 1.54) is 0 Å². The first-order chi connectivity index (χ1) is 11.0. The van der Waals surface area contributed by atoms with Gasteiger partial charge in [0.2, 0.25) is 15.9 Å². The van der Waals surface area contributed by atoms with Crippen LogP contribution in [0, 0.1) is 0 Å². The Hall–Kier alpha value is -1.44. The van der Waals surface area contributed by atoms with Crippen molar-refractivity contribution in [2.75, 3.05) is 31.6 Å². The van der Waals surface area contributed by atoms with Crippen LogP contribution >= 0.6 is 0 Å². The molecule has 0 bridgehead atoms. The van der Waals surface area contributed by atoms with Gasteiger partial charge < -0.3 is 10.2 Å². The average molecular weight is 337 g/mol. The minimum Gasteiger partial charge on any atom is -0.316 e. The van der Waals surface area contributed by atoms with E-state index in [9.17, 15) is 13.2 Å². The first-order valence-electron chi connectivity index (χ1n) is 8.10. The molecule has 23 heavy (non-hydrogen) atoms. The smallest absolute Gasteiger partial charge is 0.243 e. The summed E-state index contributed by atoms with van der Waals surface area (Å²) >= 11 is 0. The minimum atomic E-state index is -3.47. The van der Waals surface area contributed by atoms with Gasteiger partial charge in [0.05, 0.1) is 4.90 Å². The Labute approximate surface area is 137 Å². The molecule has 6 nitrogen and oxygen atoms in total. The third-order valence-corrected chi connectivity index (χ3v) is 6.53. The second-order valence-corrected chi connectivity index (χ2v) is 8.07. The fourth-order valence-electron chi connectivity index (χ4n) is 3.26. The molecule has 0 radical (unpaired) electrons. The summed E-state index contributed by atoms with van der Waals surface area (Å²) in [7, 11) is -1.61. The summed E-state index contributed by atoms with van der Waals surface area (Å²) in [5.41, 5.74) is 0.776. The Morgan fingerprint density at radius 1 is 1.13 bits per heavy atom. The van der Waals surface area contributed by atoms with E-state index in [-0.39, 0.29) is 11.9 Å². The predicted molar refractivity (Wildman–Crippen MR) is 88.9 cm³/mol. The molecule has 1 atom stereocenters. The molecular weight excluding hydrogens is 314 g/mol. The number of amides is 1. The quantitative estimate of drug-likeness (QED) is 0.896. The summed E-state index contributed by atoms with van der Waals surface area (Å²) in [6, 6.07) is 6.89. The van der Waals surface area contributed by atoms with Crippen LogP contribution in [0.4, 0.5) is 5.69 Å². The van der Waals surface area contributed by atoms with Gasteiger partial charge in [-0.1, -0.05) is 0 Å². The number of carbonyl (C=O) groups excluding carboxylic acids is 1. The Kier molecular flexibility index (Phi) is 4.70. The van der Waals surface area contributed by atoms with Gasteiger partial charge in [0.1, 0.15) is 0 Å². The zero-order chi connectivity index (χ0) is 16.4. The predicted octanol–water partition coefficient (Wildman–Crippen LogP) is 1.19. The standard InChI is InChI=1S/C16H23N3O3S/c1-17-13-4-2-10-18(12-13)23(21,22)15-8-6-14(7-9-15)19-11-3-5-16(19)20/h6-9,13,17H,2-5,10-12H2,1H3. The lowest BCUT2D eigenvalue weighted by Gasteiger charge is -2.31. The fourth-order valence-corrected chi connectivity index (χ4v) is 4.79. The lowest BCUT2D eigenvalue weighted by atomic mass is 10.1. The van der Waals surface area contributed by atoms with E-state index in [4.69, 9.17) is 0 Å². The number of piperidine rings is 1. The molecule has 1 aromatic rings.